The first-order valence-corrected chi connectivity index (χ1v) is 38.9. The molecule has 2 bridgehead atoms. The molecule has 109 heavy (non-hydrogen) atoms. The Labute approximate surface area is 639 Å². The van der Waals surface area contributed by atoms with Gasteiger partial charge in [0, 0.05) is 89.6 Å². The molecule has 2 saturated heterocycles. The third kappa shape index (κ3) is 23.0. The SMILES string of the molecule is CCC[C@H]1C(=O)N[C@@H]([C@@H](C)CC)C(=O)N(C)CC(=O)N(C)[C@H]2C/C=C\CCN(C2=O)[C@@H](CC2CCC(C(F)(F)F)CC2)C(=O)N(C)CC(=O)N[C@@H](CCC2CCC(C(F)(F)F)C(OC)C2)C(=O)N2C[C@H](OCC)C[C@H]2C(=O)NC2(CC(C)(C)C2)C(=O)N(C)[C@@H](CC(C)(C)C)C(=O)N(C)[C@H](C(=O)N(C)C)CC(=O)N1C. The molecule has 3 unspecified atom stereocenters. The van der Waals surface area contributed by atoms with E-state index in [0.29, 0.717) is 12.8 Å². The average Bonchev–Trinajstić information content (AvgIpc) is 0.982. The maximum Gasteiger partial charge on any atom is 0.394 e. The summed E-state index contributed by atoms with van der Waals surface area (Å²) in [6.07, 6.45) is -8.41. The minimum Gasteiger partial charge on any atom is -0.381 e. The lowest BCUT2D eigenvalue weighted by molar-refractivity contribution is -0.215. The van der Waals surface area contributed by atoms with Crippen molar-refractivity contribution in [2.45, 2.75) is 269 Å². The van der Waals surface area contributed by atoms with Gasteiger partial charge >= 0.3 is 12.4 Å². The van der Waals surface area contributed by atoms with Crippen LogP contribution in [-0.2, 0) is 67.0 Å². The molecule has 0 aromatic carbocycles. The number of fused-ring (bicyclic) bond motifs is 3. The molecule has 13 atom stereocenters. The second-order valence-corrected chi connectivity index (χ2v) is 33.9. The van der Waals surface area contributed by atoms with Crippen LogP contribution in [0.5, 0.6) is 0 Å². The van der Waals surface area contributed by atoms with Crippen molar-refractivity contribution in [1.29, 1.82) is 0 Å². The Morgan fingerprint density at radius 2 is 1.28 bits per heavy atom. The number of alkyl halides is 6. The van der Waals surface area contributed by atoms with Gasteiger partial charge in [-0.2, -0.15) is 26.3 Å². The molecule has 618 valence electrons. The van der Waals surface area contributed by atoms with E-state index in [0.717, 1.165) is 24.5 Å². The smallest absolute Gasteiger partial charge is 0.381 e. The quantitative estimate of drug-likeness (QED) is 0.120. The monoisotopic (exact) mass is 1550 g/mol. The van der Waals surface area contributed by atoms with Gasteiger partial charge in [0.1, 0.15) is 53.9 Å². The van der Waals surface area contributed by atoms with Crippen LogP contribution in [0, 0.1) is 40.4 Å². The van der Waals surface area contributed by atoms with Crippen LogP contribution in [0.25, 0.3) is 0 Å². The Hall–Kier alpha value is -7.12. The second-order valence-electron chi connectivity index (χ2n) is 33.9. The van der Waals surface area contributed by atoms with Gasteiger partial charge in [0.05, 0.1) is 43.6 Å². The largest absolute Gasteiger partial charge is 0.394 e. The first-order chi connectivity index (χ1) is 50.7. The van der Waals surface area contributed by atoms with Crippen LogP contribution in [0.4, 0.5) is 26.3 Å². The molecule has 26 nitrogen and oxygen atoms in total. The molecule has 5 fully saturated rings. The normalized spacial score (nSPS) is 30.8. The summed E-state index contributed by atoms with van der Waals surface area (Å²) in [5.74, 6) is -14.0. The molecular weight excluding hydrogens is 1430 g/mol. The molecule has 32 heteroatoms. The number of hydrogen-bond donors (Lipinski definition) is 3. The Balaban J connectivity index is 1.50. The summed E-state index contributed by atoms with van der Waals surface area (Å²) < 4.78 is 97.0. The summed E-state index contributed by atoms with van der Waals surface area (Å²) in [6.45, 7) is 14.7. The third-order valence-corrected chi connectivity index (χ3v) is 23.5. The summed E-state index contributed by atoms with van der Waals surface area (Å²) in [5, 5.41) is 8.65. The van der Waals surface area contributed by atoms with E-state index in [2.05, 4.69) is 16.0 Å². The predicted octanol–water partition coefficient (Wildman–Crippen LogP) is 6.72. The molecule has 3 aliphatic carbocycles. The number of carbonyl (C=O) groups is 12. The fourth-order valence-corrected chi connectivity index (χ4v) is 17.1. The minimum absolute atomic E-state index is 0.00268. The van der Waals surface area contributed by atoms with Gasteiger partial charge in [0.25, 0.3) is 0 Å². The lowest BCUT2D eigenvalue weighted by atomic mass is 9.58. The van der Waals surface area contributed by atoms with Crippen LogP contribution < -0.4 is 16.0 Å². The zero-order valence-electron chi connectivity index (χ0n) is 67.5. The number of likely N-dealkylation sites (N-methyl/N-ethyl adjacent to an activating group) is 7. The number of hydrogen-bond acceptors (Lipinski definition) is 14. The number of nitrogens with zero attached hydrogens (tertiary/aromatic N) is 9. The highest BCUT2D eigenvalue weighted by Gasteiger charge is 2.59. The summed E-state index contributed by atoms with van der Waals surface area (Å²) in [6, 6.07) is -11.1. The number of ether oxygens (including phenoxy) is 2. The van der Waals surface area contributed by atoms with E-state index >= 15 is 28.8 Å². The Kier molecular flexibility index (Phi) is 31.6. The molecule has 12 amide bonds. The fourth-order valence-electron chi connectivity index (χ4n) is 17.1. The van der Waals surface area contributed by atoms with E-state index in [1.165, 1.54) is 83.1 Å². The van der Waals surface area contributed by atoms with Crippen LogP contribution in [0.2, 0.25) is 0 Å². The van der Waals surface area contributed by atoms with Crippen molar-refractivity contribution >= 4 is 70.9 Å². The molecule has 0 aromatic heterocycles. The molecule has 0 radical (unpaired) electrons. The lowest BCUT2D eigenvalue weighted by Crippen LogP contribution is -2.71. The molecule has 6 rings (SSSR count). The maximum absolute atomic E-state index is 15.7. The Morgan fingerprint density at radius 3 is 1.83 bits per heavy atom. The van der Waals surface area contributed by atoms with E-state index in [1.807, 2.05) is 34.6 Å². The Bertz CT molecular complexity index is 3260. The van der Waals surface area contributed by atoms with Crippen molar-refractivity contribution in [3.05, 3.63) is 12.2 Å². The van der Waals surface area contributed by atoms with Crippen molar-refractivity contribution in [1.82, 2.24) is 60.0 Å². The van der Waals surface area contributed by atoms with Crippen LogP contribution in [-0.4, -0.2) is 290 Å². The highest BCUT2D eigenvalue weighted by atomic mass is 19.4. The number of nitrogens with one attached hydrogen (secondary N) is 3. The highest BCUT2D eigenvalue weighted by molar-refractivity contribution is 6.01. The first kappa shape index (κ1) is 90.8. The minimum atomic E-state index is -4.57. The average molecular weight is 1560 g/mol. The van der Waals surface area contributed by atoms with Gasteiger partial charge in [0.15, 0.2) is 0 Å². The van der Waals surface area contributed by atoms with Crippen LogP contribution in [0.3, 0.4) is 0 Å². The van der Waals surface area contributed by atoms with Gasteiger partial charge < -0.3 is 69.5 Å². The van der Waals surface area contributed by atoms with E-state index < -0.39 is 209 Å². The van der Waals surface area contributed by atoms with Crippen molar-refractivity contribution in [3.8, 4) is 0 Å². The zero-order valence-corrected chi connectivity index (χ0v) is 67.5. The van der Waals surface area contributed by atoms with E-state index in [-0.39, 0.29) is 129 Å². The predicted molar refractivity (Wildman–Crippen MR) is 393 cm³/mol. The fraction of sp³-hybridized carbons (Fsp3) is 0.818. The van der Waals surface area contributed by atoms with Crippen LogP contribution in [0.15, 0.2) is 12.2 Å². The third-order valence-electron chi connectivity index (χ3n) is 23.5. The zero-order chi connectivity index (χ0) is 81.9. The summed E-state index contributed by atoms with van der Waals surface area (Å²) in [4.78, 5) is 192. The summed E-state index contributed by atoms with van der Waals surface area (Å²) >= 11 is 0. The Morgan fingerprint density at radius 1 is 0.651 bits per heavy atom. The molecule has 0 aromatic rings. The van der Waals surface area contributed by atoms with E-state index in [1.54, 1.807) is 39.8 Å². The van der Waals surface area contributed by atoms with Crippen LogP contribution >= 0.6 is 0 Å². The highest BCUT2D eigenvalue weighted by Crippen LogP contribution is 2.50. The number of halogens is 6. The summed E-state index contributed by atoms with van der Waals surface area (Å²) in [5.41, 5.74) is -3.00. The summed E-state index contributed by atoms with van der Waals surface area (Å²) in [7, 11) is 12.2. The van der Waals surface area contributed by atoms with Gasteiger partial charge in [0.2, 0.25) is 70.9 Å². The van der Waals surface area contributed by atoms with Crippen molar-refractivity contribution < 1.29 is 93.4 Å². The van der Waals surface area contributed by atoms with Crippen LogP contribution in [0.1, 0.15) is 191 Å². The van der Waals surface area contributed by atoms with Crippen molar-refractivity contribution in [3.63, 3.8) is 0 Å². The van der Waals surface area contributed by atoms with Crippen molar-refractivity contribution in [2.75, 3.05) is 96.3 Å². The van der Waals surface area contributed by atoms with E-state index in [4.69, 9.17) is 9.47 Å². The van der Waals surface area contributed by atoms with Gasteiger partial charge in [-0.15, -0.1) is 0 Å². The second kappa shape index (κ2) is 37.9. The molecule has 1 spiro atoms. The molecule has 3 aliphatic heterocycles. The van der Waals surface area contributed by atoms with Crippen molar-refractivity contribution in [2.24, 2.45) is 40.4 Å². The lowest BCUT2D eigenvalue weighted by Gasteiger charge is -2.54. The molecular formula is C77H124F6N12O14. The number of methoxy groups -OCH3 is 1. The topological polar surface area (TPSA) is 289 Å². The maximum atomic E-state index is 15.7. The first-order valence-electron chi connectivity index (χ1n) is 38.9. The molecule has 6 aliphatic rings. The van der Waals surface area contributed by atoms with Gasteiger partial charge in [-0.05, 0) is 138 Å². The molecule has 3 heterocycles. The van der Waals surface area contributed by atoms with Gasteiger partial charge in [-0.25, -0.2) is 0 Å². The van der Waals surface area contributed by atoms with E-state index in [9.17, 15) is 55.1 Å². The number of rotatable bonds is 14. The number of carbonyl (C=O) groups excluding carboxylic acids is 12. The standard InChI is InChI=1S/C77H124F6N12O14/c1-19-25-53-64(99)85-63(46(4)20-2)71(106)89(13)43-62(98)91(15)54-26-23-22-24-35-94(70(54)105)57(36-47-27-31-49(32-28-47)76(78,79)80)68(103)88(12)42-60(96)84-52(34-30-48-29-33-51(77(81,82)83)59(37-48)108-18)66(101)95-41-50(109-21-3)38-55(95)65(100)86-75(44-74(8,9)45-75)72(107)93(17)58(40-73(5,6)7)69(104)92(16)56(67(102)87(10)11)39-61(97)90(53)14/h22-23,46-59,63H,19-21,24-45H2,1-18H3,(H,84,96)(H,85,99)(H,86,100)/b23-22-/t46-,47?,48?,49?,50+,51?,52-,53-,54-,55-,56-,57-,58-,59?,63-/m0/s1. The van der Waals surface area contributed by atoms with Gasteiger partial charge in [-0.1, -0.05) is 80.4 Å². The van der Waals surface area contributed by atoms with Gasteiger partial charge in [-0.3, -0.25) is 57.5 Å². The number of amides is 12. The molecule has 3 N–H and O–H groups in total. The molecule has 3 saturated carbocycles.